The smallest absolute Gasteiger partial charge is 0.140 e. The Balaban J connectivity index is 2.27. The van der Waals surface area contributed by atoms with Gasteiger partial charge in [-0.25, -0.2) is 8.78 Å². The van der Waals surface area contributed by atoms with Crippen LogP contribution in [-0.4, -0.2) is 6.54 Å². The first-order valence-corrected chi connectivity index (χ1v) is 7.42. The molecule has 0 unspecified atom stereocenters. The first kappa shape index (κ1) is 15.3. The van der Waals surface area contributed by atoms with Crippen molar-refractivity contribution in [2.45, 2.75) is 23.3 Å². The molecule has 1 N–H and O–H groups in total. The third-order valence-corrected chi connectivity index (χ3v) is 4.30. The number of hydrogen-bond acceptors (Lipinski definition) is 2. The van der Waals surface area contributed by atoms with E-state index in [0.29, 0.717) is 22.0 Å². The molecule has 0 aliphatic rings. The first-order valence-electron chi connectivity index (χ1n) is 6.23. The Kier molecular flexibility index (Phi) is 5.40. The monoisotopic (exact) mass is 313 g/mol. The topological polar surface area (TPSA) is 12.0 Å². The fourth-order valence-electron chi connectivity index (χ4n) is 1.72. The minimum Gasteiger partial charge on any atom is -0.313 e. The second kappa shape index (κ2) is 7.07. The second-order valence-corrected chi connectivity index (χ2v) is 5.66. The third kappa shape index (κ3) is 3.72. The summed E-state index contributed by atoms with van der Waals surface area (Å²) < 4.78 is 28.0. The van der Waals surface area contributed by atoms with E-state index in [1.807, 2.05) is 6.92 Å². The van der Waals surface area contributed by atoms with Gasteiger partial charge >= 0.3 is 0 Å². The zero-order chi connectivity index (χ0) is 14.5. The van der Waals surface area contributed by atoms with Gasteiger partial charge < -0.3 is 5.32 Å². The van der Waals surface area contributed by atoms with Crippen molar-refractivity contribution in [1.29, 1.82) is 0 Å². The average molecular weight is 314 g/mol. The van der Waals surface area contributed by atoms with Gasteiger partial charge in [-0.15, -0.1) is 0 Å². The lowest BCUT2D eigenvalue weighted by molar-refractivity contribution is 0.535. The van der Waals surface area contributed by atoms with Crippen LogP contribution in [0.3, 0.4) is 0 Å². The molecule has 2 rings (SSSR count). The molecule has 0 aromatic heterocycles. The van der Waals surface area contributed by atoms with Gasteiger partial charge in [-0.3, -0.25) is 0 Å². The van der Waals surface area contributed by atoms with Gasteiger partial charge in [0.2, 0.25) is 0 Å². The highest BCUT2D eigenvalue weighted by atomic mass is 35.5. The quantitative estimate of drug-likeness (QED) is 0.844. The average Bonchev–Trinajstić information content (AvgIpc) is 2.42. The molecule has 0 radical (unpaired) electrons. The third-order valence-electron chi connectivity index (χ3n) is 2.69. The minimum atomic E-state index is -0.567. The molecular formula is C15H14ClF2NS. The standard InChI is InChI=1S/C15H14ClF2NS/c1-2-19-9-10-7-12(17)15(13(18)8-10)20-14-6-4-3-5-11(14)16/h3-8,19H,2,9H2,1H3. The maximum absolute atomic E-state index is 14.0. The molecule has 0 aliphatic heterocycles. The van der Waals surface area contributed by atoms with Gasteiger partial charge in [-0.2, -0.15) is 0 Å². The largest absolute Gasteiger partial charge is 0.313 e. The van der Waals surface area contributed by atoms with Gasteiger partial charge in [-0.1, -0.05) is 42.4 Å². The summed E-state index contributed by atoms with van der Waals surface area (Å²) in [6.07, 6.45) is 0. The van der Waals surface area contributed by atoms with Crippen molar-refractivity contribution < 1.29 is 8.78 Å². The van der Waals surface area contributed by atoms with E-state index in [1.54, 1.807) is 24.3 Å². The van der Waals surface area contributed by atoms with Crippen molar-refractivity contribution in [3.63, 3.8) is 0 Å². The van der Waals surface area contributed by atoms with E-state index in [4.69, 9.17) is 11.6 Å². The summed E-state index contributed by atoms with van der Waals surface area (Å²) in [5, 5.41) is 3.52. The van der Waals surface area contributed by atoms with Crippen molar-refractivity contribution in [2.75, 3.05) is 6.54 Å². The van der Waals surface area contributed by atoms with E-state index >= 15 is 0 Å². The molecule has 1 nitrogen and oxygen atoms in total. The molecule has 106 valence electrons. The van der Waals surface area contributed by atoms with Crippen LogP contribution in [0.5, 0.6) is 0 Å². The van der Waals surface area contributed by atoms with Crippen LogP contribution < -0.4 is 5.32 Å². The maximum atomic E-state index is 14.0. The summed E-state index contributed by atoms with van der Waals surface area (Å²) in [6, 6.07) is 9.69. The van der Waals surface area contributed by atoms with Gasteiger partial charge in [0.05, 0.1) is 9.92 Å². The van der Waals surface area contributed by atoms with Crippen LogP contribution in [0, 0.1) is 11.6 Å². The zero-order valence-electron chi connectivity index (χ0n) is 10.9. The maximum Gasteiger partial charge on any atom is 0.140 e. The fourth-order valence-corrected chi connectivity index (χ4v) is 2.82. The molecule has 0 fully saturated rings. The summed E-state index contributed by atoms with van der Waals surface area (Å²) >= 11 is 7.00. The molecule has 0 bridgehead atoms. The predicted molar refractivity (Wildman–Crippen MR) is 79.3 cm³/mol. The van der Waals surface area contributed by atoms with Gasteiger partial charge in [0, 0.05) is 11.4 Å². The molecule has 0 aliphatic carbocycles. The van der Waals surface area contributed by atoms with E-state index < -0.39 is 11.6 Å². The SMILES string of the molecule is CCNCc1cc(F)c(Sc2ccccc2Cl)c(F)c1. The first-order chi connectivity index (χ1) is 9.61. The van der Waals surface area contributed by atoms with Crippen LogP contribution in [0.15, 0.2) is 46.2 Å². The summed E-state index contributed by atoms with van der Waals surface area (Å²) in [5.74, 6) is -1.13. The van der Waals surface area contributed by atoms with E-state index in [9.17, 15) is 8.78 Å². The molecule has 0 saturated carbocycles. The molecule has 20 heavy (non-hydrogen) atoms. The van der Waals surface area contributed by atoms with Crippen LogP contribution in [0.4, 0.5) is 8.78 Å². The number of nitrogens with one attached hydrogen (secondary N) is 1. The van der Waals surface area contributed by atoms with Crippen molar-refractivity contribution in [1.82, 2.24) is 5.32 Å². The summed E-state index contributed by atoms with van der Waals surface area (Å²) in [5.41, 5.74) is 0.588. The van der Waals surface area contributed by atoms with Gasteiger partial charge in [0.1, 0.15) is 11.6 Å². The Labute approximate surface area is 126 Å². The molecule has 0 saturated heterocycles. The molecular weight excluding hydrogens is 300 g/mol. The highest BCUT2D eigenvalue weighted by molar-refractivity contribution is 7.99. The normalized spacial score (nSPS) is 10.8. The Morgan fingerprint density at radius 2 is 1.80 bits per heavy atom. The Morgan fingerprint density at radius 1 is 1.15 bits per heavy atom. The highest BCUT2D eigenvalue weighted by Gasteiger charge is 2.14. The van der Waals surface area contributed by atoms with Crippen molar-refractivity contribution in [2.24, 2.45) is 0 Å². The van der Waals surface area contributed by atoms with Gasteiger partial charge in [0.25, 0.3) is 0 Å². The minimum absolute atomic E-state index is 0.0293. The lowest BCUT2D eigenvalue weighted by Crippen LogP contribution is -2.12. The number of hydrogen-bond donors (Lipinski definition) is 1. The van der Waals surface area contributed by atoms with Gasteiger partial charge in [0.15, 0.2) is 0 Å². The molecule has 0 heterocycles. The van der Waals surface area contributed by atoms with Crippen molar-refractivity contribution in [3.8, 4) is 0 Å². The van der Waals surface area contributed by atoms with E-state index in [-0.39, 0.29) is 4.90 Å². The van der Waals surface area contributed by atoms with Crippen LogP contribution in [0.25, 0.3) is 0 Å². The van der Waals surface area contributed by atoms with Crippen LogP contribution in [0.1, 0.15) is 12.5 Å². The predicted octanol–water partition coefficient (Wildman–Crippen LogP) is 4.88. The summed E-state index contributed by atoms with van der Waals surface area (Å²) in [7, 11) is 0. The molecule has 0 atom stereocenters. The Bertz CT molecular complexity index is 581. The Morgan fingerprint density at radius 3 is 2.40 bits per heavy atom. The molecule has 0 amide bonds. The molecule has 0 spiro atoms. The fraction of sp³-hybridized carbons (Fsp3) is 0.200. The summed E-state index contributed by atoms with van der Waals surface area (Å²) in [4.78, 5) is 0.602. The van der Waals surface area contributed by atoms with Gasteiger partial charge in [-0.05, 0) is 36.4 Å². The Hall–Kier alpha value is -1.10. The molecule has 2 aromatic carbocycles. The number of benzene rings is 2. The molecule has 2 aromatic rings. The van der Waals surface area contributed by atoms with Crippen LogP contribution >= 0.6 is 23.4 Å². The molecule has 5 heteroatoms. The number of halogens is 3. The number of rotatable bonds is 5. The van der Waals surface area contributed by atoms with Crippen LogP contribution in [0.2, 0.25) is 5.02 Å². The van der Waals surface area contributed by atoms with E-state index in [0.717, 1.165) is 18.3 Å². The summed E-state index contributed by atoms with van der Waals surface area (Å²) in [6.45, 7) is 3.13. The lowest BCUT2D eigenvalue weighted by atomic mass is 10.2. The van der Waals surface area contributed by atoms with Crippen molar-refractivity contribution >= 4 is 23.4 Å². The lowest BCUT2D eigenvalue weighted by Gasteiger charge is -2.09. The van der Waals surface area contributed by atoms with E-state index in [2.05, 4.69) is 5.32 Å². The zero-order valence-corrected chi connectivity index (χ0v) is 12.5. The van der Waals surface area contributed by atoms with E-state index in [1.165, 1.54) is 12.1 Å². The van der Waals surface area contributed by atoms with Crippen molar-refractivity contribution in [3.05, 3.63) is 58.6 Å². The second-order valence-electron chi connectivity index (χ2n) is 4.20. The highest BCUT2D eigenvalue weighted by Crippen LogP contribution is 2.36. The van der Waals surface area contributed by atoms with Crippen LogP contribution in [-0.2, 0) is 6.54 Å².